The van der Waals surface area contributed by atoms with E-state index >= 15 is 0 Å². The Balaban J connectivity index is 3.07. The summed E-state index contributed by atoms with van der Waals surface area (Å²) in [5, 5.41) is 15.5. The molecule has 5 nitrogen and oxygen atoms in total. The highest BCUT2D eigenvalue weighted by molar-refractivity contribution is 5.57. The fourth-order valence-electron chi connectivity index (χ4n) is 1.75. The average molecular weight is 252 g/mol. The van der Waals surface area contributed by atoms with Crippen LogP contribution in [0.3, 0.4) is 0 Å². The van der Waals surface area contributed by atoms with E-state index in [1.165, 1.54) is 0 Å². The maximum Gasteiger partial charge on any atom is 0.135 e. The van der Waals surface area contributed by atoms with E-state index in [-0.39, 0.29) is 12.1 Å². The van der Waals surface area contributed by atoms with Gasteiger partial charge in [-0.05, 0) is 27.2 Å². The van der Waals surface area contributed by atoms with Crippen LogP contribution in [0.4, 0.5) is 11.6 Å². The number of nitrogens with zero attached hydrogens (tertiary/aromatic N) is 2. The van der Waals surface area contributed by atoms with Crippen LogP contribution >= 0.6 is 0 Å². The molecule has 1 aromatic rings. The largest absolute Gasteiger partial charge is 0.396 e. The third kappa shape index (κ3) is 3.57. The molecule has 1 rings (SSSR count). The second-order valence-electron chi connectivity index (χ2n) is 5.05. The molecule has 0 aliphatic rings. The van der Waals surface area contributed by atoms with Crippen LogP contribution in [0.1, 0.15) is 38.6 Å². The van der Waals surface area contributed by atoms with E-state index < -0.39 is 0 Å². The van der Waals surface area contributed by atoms with Crippen LogP contribution in [0.5, 0.6) is 0 Å². The molecule has 0 aliphatic carbocycles. The van der Waals surface area contributed by atoms with Crippen LogP contribution in [-0.4, -0.2) is 34.3 Å². The molecule has 0 saturated heterocycles. The molecule has 5 heteroatoms. The molecule has 102 valence electrons. The molecule has 0 amide bonds. The molecule has 18 heavy (non-hydrogen) atoms. The first-order valence-corrected chi connectivity index (χ1v) is 6.37. The Labute approximate surface area is 109 Å². The summed E-state index contributed by atoms with van der Waals surface area (Å²) >= 11 is 0. The van der Waals surface area contributed by atoms with Crippen LogP contribution in [0.15, 0.2) is 0 Å². The lowest BCUT2D eigenvalue weighted by Gasteiger charge is -2.27. The van der Waals surface area contributed by atoms with Crippen LogP contribution in [0.2, 0.25) is 0 Å². The second kappa shape index (κ2) is 6.00. The Bertz CT molecular complexity index is 404. The summed E-state index contributed by atoms with van der Waals surface area (Å²) < 4.78 is 0. The van der Waals surface area contributed by atoms with E-state index in [4.69, 9.17) is 5.11 Å². The van der Waals surface area contributed by atoms with Gasteiger partial charge in [-0.25, -0.2) is 9.97 Å². The van der Waals surface area contributed by atoms with Crippen molar-refractivity contribution in [2.24, 2.45) is 0 Å². The van der Waals surface area contributed by atoms with Gasteiger partial charge in [0.25, 0.3) is 0 Å². The zero-order chi connectivity index (χ0) is 13.8. The molecule has 0 saturated carbocycles. The van der Waals surface area contributed by atoms with E-state index in [0.717, 1.165) is 29.4 Å². The van der Waals surface area contributed by atoms with Gasteiger partial charge in [0.1, 0.15) is 17.5 Å². The third-order valence-corrected chi connectivity index (χ3v) is 2.94. The molecule has 0 atom stereocenters. The van der Waals surface area contributed by atoms with Crippen LogP contribution < -0.4 is 10.6 Å². The number of nitrogens with one attached hydrogen (secondary N) is 2. The summed E-state index contributed by atoms with van der Waals surface area (Å²) in [7, 11) is 1.86. The van der Waals surface area contributed by atoms with Crippen LogP contribution in [0.25, 0.3) is 0 Å². The standard InChI is InChI=1S/C13H24N4O/c1-6-10-15-11(14-5)9(2)12(16-10)17-13(3,4)7-8-18/h18H,6-8H2,1-5H3,(H2,14,15,16,17). The van der Waals surface area contributed by atoms with Gasteiger partial charge >= 0.3 is 0 Å². The molecule has 1 heterocycles. The lowest BCUT2D eigenvalue weighted by molar-refractivity contribution is 0.260. The van der Waals surface area contributed by atoms with Crippen molar-refractivity contribution in [1.82, 2.24) is 9.97 Å². The number of anilines is 2. The van der Waals surface area contributed by atoms with Crippen molar-refractivity contribution in [2.75, 3.05) is 24.3 Å². The van der Waals surface area contributed by atoms with E-state index in [2.05, 4.69) is 34.4 Å². The van der Waals surface area contributed by atoms with Gasteiger partial charge in [0, 0.05) is 31.2 Å². The van der Waals surface area contributed by atoms with Crippen molar-refractivity contribution in [3.05, 3.63) is 11.4 Å². The number of hydrogen-bond donors (Lipinski definition) is 3. The fraction of sp³-hybridized carbons (Fsp3) is 0.692. The van der Waals surface area contributed by atoms with E-state index in [1.807, 2.05) is 20.9 Å². The van der Waals surface area contributed by atoms with Gasteiger partial charge in [0.15, 0.2) is 0 Å². The molecule has 3 N–H and O–H groups in total. The fourth-order valence-corrected chi connectivity index (χ4v) is 1.75. The molecule has 0 unspecified atom stereocenters. The zero-order valence-electron chi connectivity index (χ0n) is 12.0. The number of aromatic nitrogens is 2. The number of hydrogen-bond acceptors (Lipinski definition) is 5. The van der Waals surface area contributed by atoms with E-state index in [1.54, 1.807) is 0 Å². The monoisotopic (exact) mass is 252 g/mol. The predicted molar refractivity (Wildman–Crippen MR) is 75.1 cm³/mol. The molecule has 0 bridgehead atoms. The SMILES string of the molecule is CCc1nc(NC)c(C)c(NC(C)(C)CCO)n1. The van der Waals surface area contributed by atoms with Gasteiger partial charge in [-0.3, -0.25) is 0 Å². The minimum atomic E-state index is -0.191. The van der Waals surface area contributed by atoms with E-state index in [9.17, 15) is 0 Å². The van der Waals surface area contributed by atoms with Gasteiger partial charge in [0.05, 0.1) is 0 Å². The van der Waals surface area contributed by atoms with Crippen molar-refractivity contribution in [3.63, 3.8) is 0 Å². The van der Waals surface area contributed by atoms with Crippen molar-refractivity contribution < 1.29 is 5.11 Å². The summed E-state index contributed by atoms with van der Waals surface area (Å²) in [6.07, 6.45) is 1.47. The molecular formula is C13H24N4O. The summed E-state index contributed by atoms with van der Waals surface area (Å²) in [5.41, 5.74) is 0.810. The lowest BCUT2D eigenvalue weighted by atomic mass is 10.0. The van der Waals surface area contributed by atoms with E-state index in [0.29, 0.717) is 6.42 Å². The number of aryl methyl sites for hydroxylation is 1. The van der Waals surface area contributed by atoms with Crippen molar-refractivity contribution >= 4 is 11.6 Å². The number of rotatable bonds is 6. The summed E-state index contributed by atoms with van der Waals surface area (Å²) in [6.45, 7) is 8.28. The smallest absolute Gasteiger partial charge is 0.135 e. The van der Waals surface area contributed by atoms with Gasteiger partial charge in [-0.2, -0.15) is 0 Å². The van der Waals surface area contributed by atoms with Crippen LogP contribution in [0, 0.1) is 6.92 Å². The molecule has 0 radical (unpaired) electrons. The summed E-state index contributed by atoms with van der Waals surface area (Å²) in [6, 6.07) is 0. The topological polar surface area (TPSA) is 70.1 Å². The maximum absolute atomic E-state index is 9.07. The first kappa shape index (κ1) is 14.7. The zero-order valence-corrected chi connectivity index (χ0v) is 12.0. The van der Waals surface area contributed by atoms with Crippen LogP contribution in [-0.2, 0) is 6.42 Å². The Morgan fingerprint density at radius 1 is 1.22 bits per heavy atom. The van der Waals surface area contributed by atoms with Gasteiger partial charge in [-0.1, -0.05) is 6.92 Å². The summed E-state index contributed by atoms with van der Waals surface area (Å²) in [5.74, 6) is 2.50. The average Bonchev–Trinajstić information content (AvgIpc) is 2.31. The first-order chi connectivity index (χ1) is 8.43. The Morgan fingerprint density at radius 3 is 2.33 bits per heavy atom. The van der Waals surface area contributed by atoms with Gasteiger partial charge in [0.2, 0.25) is 0 Å². The maximum atomic E-state index is 9.07. The Hall–Kier alpha value is -1.36. The predicted octanol–water partition coefficient (Wildman–Crippen LogP) is 1.96. The first-order valence-electron chi connectivity index (χ1n) is 6.37. The molecular weight excluding hydrogens is 228 g/mol. The van der Waals surface area contributed by atoms with Gasteiger partial charge < -0.3 is 15.7 Å². The van der Waals surface area contributed by atoms with Crippen molar-refractivity contribution in [3.8, 4) is 0 Å². The van der Waals surface area contributed by atoms with Crippen molar-refractivity contribution in [2.45, 2.75) is 46.1 Å². The minimum absolute atomic E-state index is 0.156. The minimum Gasteiger partial charge on any atom is -0.396 e. The molecule has 0 fully saturated rings. The Kier molecular flexibility index (Phi) is 4.90. The van der Waals surface area contributed by atoms with Crippen molar-refractivity contribution in [1.29, 1.82) is 0 Å². The molecule has 0 aliphatic heterocycles. The normalized spacial score (nSPS) is 11.4. The second-order valence-corrected chi connectivity index (χ2v) is 5.05. The highest BCUT2D eigenvalue weighted by Gasteiger charge is 2.20. The molecule has 0 spiro atoms. The Morgan fingerprint density at radius 2 is 1.83 bits per heavy atom. The molecule has 1 aromatic heterocycles. The van der Waals surface area contributed by atoms with Gasteiger partial charge in [-0.15, -0.1) is 0 Å². The summed E-state index contributed by atoms with van der Waals surface area (Å²) in [4.78, 5) is 8.96. The molecule has 0 aromatic carbocycles. The highest BCUT2D eigenvalue weighted by atomic mass is 16.3. The highest BCUT2D eigenvalue weighted by Crippen LogP contribution is 2.24. The number of aliphatic hydroxyl groups excluding tert-OH is 1. The lowest BCUT2D eigenvalue weighted by Crippen LogP contribution is -2.33. The number of aliphatic hydroxyl groups is 1. The quantitative estimate of drug-likeness (QED) is 0.722. The third-order valence-electron chi connectivity index (χ3n) is 2.94.